The van der Waals surface area contributed by atoms with Crippen molar-refractivity contribution >= 4 is 5.84 Å². The van der Waals surface area contributed by atoms with Gasteiger partial charge in [-0.3, -0.25) is 9.88 Å². The zero-order valence-corrected chi connectivity index (χ0v) is 8.25. The summed E-state index contributed by atoms with van der Waals surface area (Å²) in [5.41, 5.74) is 6.33. The zero-order chi connectivity index (χ0) is 10.6. The van der Waals surface area contributed by atoms with Gasteiger partial charge in [-0.1, -0.05) is 11.2 Å². The molecule has 14 heavy (non-hydrogen) atoms. The molecular formula is C9H14N4O. The molecule has 0 fully saturated rings. The molecule has 1 heterocycles. The van der Waals surface area contributed by atoms with Gasteiger partial charge in [-0.2, -0.15) is 0 Å². The number of nitrogens with zero attached hydrogens (tertiary/aromatic N) is 3. The van der Waals surface area contributed by atoms with Crippen molar-refractivity contribution in [3.05, 3.63) is 30.1 Å². The summed E-state index contributed by atoms with van der Waals surface area (Å²) in [5.74, 6) is 0.133. The fraction of sp³-hybridized carbons (Fsp3) is 0.333. The minimum absolute atomic E-state index is 0.133. The molecule has 1 aromatic heterocycles. The van der Waals surface area contributed by atoms with Gasteiger partial charge in [-0.15, -0.1) is 0 Å². The van der Waals surface area contributed by atoms with E-state index in [2.05, 4.69) is 10.1 Å². The van der Waals surface area contributed by atoms with Crippen molar-refractivity contribution < 1.29 is 5.21 Å². The van der Waals surface area contributed by atoms with Crippen molar-refractivity contribution in [3.63, 3.8) is 0 Å². The average molecular weight is 194 g/mol. The van der Waals surface area contributed by atoms with Crippen LogP contribution in [0.3, 0.4) is 0 Å². The van der Waals surface area contributed by atoms with Gasteiger partial charge in [0.2, 0.25) is 0 Å². The molecule has 0 aliphatic heterocycles. The summed E-state index contributed by atoms with van der Waals surface area (Å²) in [7, 11) is 3.69. The molecule has 5 heteroatoms. The van der Waals surface area contributed by atoms with E-state index in [1.54, 1.807) is 6.20 Å². The second-order valence-electron chi connectivity index (χ2n) is 3.15. The predicted octanol–water partition coefficient (Wildman–Crippen LogP) is 0.431. The third-order valence-electron chi connectivity index (χ3n) is 1.88. The Morgan fingerprint density at radius 2 is 2.29 bits per heavy atom. The Balaban J connectivity index is 3.01. The van der Waals surface area contributed by atoms with Crippen molar-refractivity contribution in [1.29, 1.82) is 0 Å². The molecular weight excluding hydrogens is 180 g/mol. The van der Waals surface area contributed by atoms with E-state index in [1.165, 1.54) is 0 Å². The summed E-state index contributed by atoms with van der Waals surface area (Å²) in [4.78, 5) is 5.99. The smallest absolute Gasteiger partial charge is 0.162 e. The average Bonchev–Trinajstić information content (AvgIpc) is 2.19. The van der Waals surface area contributed by atoms with Crippen LogP contribution in [0.4, 0.5) is 0 Å². The first kappa shape index (κ1) is 10.5. The third-order valence-corrected chi connectivity index (χ3v) is 1.88. The van der Waals surface area contributed by atoms with E-state index in [0.29, 0.717) is 0 Å². The van der Waals surface area contributed by atoms with Crippen molar-refractivity contribution in [2.45, 2.75) is 6.04 Å². The first-order chi connectivity index (χ1) is 6.66. The fourth-order valence-corrected chi connectivity index (χ4v) is 1.27. The van der Waals surface area contributed by atoms with E-state index < -0.39 is 0 Å². The molecule has 1 atom stereocenters. The molecule has 0 bridgehead atoms. The maximum atomic E-state index is 8.62. The number of likely N-dealkylation sites (N-methyl/N-ethyl adjacent to an activating group) is 1. The van der Waals surface area contributed by atoms with Gasteiger partial charge in [0.05, 0.1) is 5.69 Å². The lowest BCUT2D eigenvalue weighted by Crippen LogP contribution is -2.33. The van der Waals surface area contributed by atoms with Gasteiger partial charge in [-0.25, -0.2) is 0 Å². The number of oxime groups is 1. The van der Waals surface area contributed by atoms with Crippen LogP contribution in [0.5, 0.6) is 0 Å². The van der Waals surface area contributed by atoms with Crippen LogP contribution in [0, 0.1) is 0 Å². The molecule has 0 unspecified atom stereocenters. The van der Waals surface area contributed by atoms with Gasteiger partial charge in [0.25, 0.3) is 0 Å². The molecule has 0 spiro atoms. The minimum Gasteiger partial charge on any atom is -0.409 e. The molecule has 0 saturated heterocycles. The molecule has 0 saturated carbocycles. The Hall–Kier alpha value is -1.62. The van der Waals surface area contributed by atoms with Crippen molar-refractivity contribution in [3.8, 4) is 0 Å². The fourth-order valence-electron chi connectivity index (χ4n) is 1.27. The Labute approximate surface area is 82.9 Å². The number of hydrogen-bond donors (Lipinski definition) is 2. The van der Waals surface area contributed by atoms with Crippen molar-refractivity contribution in [1.82, 2.24) is 9.88 Å². The number of aromatic nitrogens is 1. The summed E-state index contributed by atoms with van der Waals surface area (Å²) >= 11 is 0. The van der Waals surface area contributed by atoms with Gasteiger partial charge in [-0.05, 0) is 26.2 Å². The van der Waals surface area contributed by atoms with E-state index >= 15 is 0 Å². The monoisotopic (exact) mass is 194 g/mol. The van der Waals surface area contributed by atoms with Crippen LogP contribution in [0.25, 0.3) is 0 Å². The maximum absolute atomic E-state index is 8.62. The molecule has 1 aromatic rings. The van der Waals surface area contributed by atoms with E-state index in [4.69, 9.17) is 10.9 Å². The topological polar surface area (TPSA) is 74.7 Å². The number of hydrogen-bond acceptors (Lipinski definition) is 4. The largest absolute Gasteiger partial charge is 0.409 e. The first-order valence-corrected chi connectivity index (χ1v) is 4.21. The summed E-state index contributed by atoms with van der Waals surface area (Å²) in [5, 5.41) is 11.6. The molecule has 76 valence electrons. The number of rotatable bonds is 3. The van der Waals surface area contributed by atoms with E-state index in [0.717, 1.165) is 5.69 Å². The molecule has 0 aromatic carbocycles. The second-order valence-corrected chi connectivity index (χ2v) is 3.15. The normalized spacial score (nSPS) is 14.4. The lowest BCUT2D eigenvalue weighted by molar-refractivity contribution is 0.300. The second kappa shape index (κ2) is 4.57. The molecule has 0 aliphatic carbocycles. The van der Waals surface area contributed by atoms with Crippen LogP contribution in [0.2, 0.25) is 0 Å². The first-order valence-electron chi connectivity index (χ1n) is 4.21. The molecule has 3 N–H and O–H groups in total. The van der Waals surface area contributed by atoms with Gasteiger partial charge in [0.15, 0.2) is 5.84 Å². The lowest BCUT2D eigenvalue weighted by atomic mass is 10.1. The Morgan fingerprint density at radius 3 is 2.71 bits per heavy atom. The Bertz CT molecular complexity index is 310. The minimum atomic E-state index is -0.291. The van der Waals surface area contributed by atoms with Crippen molar-refractivity contribution in [2.75, 3.05) is 14.1 Å². The van der Waals surface area contributed by atoms with Gasteiger partial charge in [0, 0.05) is 6.20 Å². The predicted molar refractivity (Wildman–Crippen MR) is 54.1 cm³/mol. The summed E-state index contributed by atoms with van der Waals surface area (Å²) < 4.78 is 0. The lowest BCUT2D eigenvalue weighted by Gasteiger charge is -2.21. The third kappa shape index (κ3) is 2.20. The van der Waals surface area contributed by atoms with Crippen LogP contribution >= 0.6 is 0 Å². The SMILES string of the molecule is CN(C)[C@H](C(N)=NO)c1ccccn1. The van der Waals surface area contributed by atoms with Crippen LogP contribution in [0.15, 0.2) is 29.6 Å². The van der Waals surface area contributed by atoms with Crippen LogP contribution < -0.4 is 5.73 Å². The van der Waals surface area contributed by atoms with Gasteiger partial charge >= 0.3 is 0 Å². The highest BCUT2D eigenvalue weighted by Gasteiger charge is 2.19. The molecule has 5 nitrogen and oxygen atoms in total. The molecule has 0 radical (unpaired) electrons. The number of pyridine rings is 1. The summed E-state index contributed by atoms with van der Waals surface area (Å²) in [6, 6.07) is 5.23. The number of amidine groups is 1. The van der Waals surface area contributed by atoms with Crippen LogP contribution in [0.1, 0.15) is 11.7 Å². The zero-order valence-electron chi connectivity index (χ0n) is 8.25. The Morgan fingerprint density at radius 1 is 1.57 bits per heavy atom. The van der Waals surface area contributed by atoms with Gasteiger partial charge in [0.1, 0.15) is 6.04 Å². The molecule has 1 rings (SSSR count). The summed E-state index contributed by atoms with van der Waals surface area (Å²) in [6.07, 6.45) is 1.68. The van der Waals surface area contributed by atoms with Gasteiger partial charge < -0.3 is 10.9 Å². The summed E-state index contributed by atoms with van der Waals surface area (Å²) in [6.45, 7) is 0. The van der Waals surface area contributed by atoms with Crippen molar-refractivity contribution in [2.24, 2.45) is 10.9 Å². The highest BCUT2D eigenvalue weighted by molar-refractivity contribution is 5.85. The quantitative estimate of drug-likeness (QED) is 0.317. The highest BCUT2D eigenvalue weighted by Crippen LogP contribution is 2.14. The van der Waals surface area contributed by atoms with E-state index in [1.807, 2.05) is 37.2 Å². The van der Waals surface area contributed by atoms with E-state index in [9.17, 15) is 0 Å². The standard InChI is InChI=1S/C9H14N4O/c1-13(2)8(9(10)12-14)7-5-3-4-6-11-7/h3-6,8,14H,1-2H3,(H2,10,12)/t8-/m0/s1. The van der Waals surface area contributed by atoms with E-state index in [-0.39, 0.29) is 11.9 Å². The highest BCUT2D eigenvalue weighted by atomic mass is 16.4. The molecule has 0 amide bonds. The van der Waals surface area contributed by atoms with Crippen LogP contribution in [-0.4, -0.2) is 35.0 Å². The Kier molecular flexibility index (Phi) is 3.41. The maximum Gasteiger partial charge on any atom is 0.162 e. The molecule has 0 aliphatic rings. The van der Waals surface area contributed by atoms with Crippen LogP contribution in [-0.2, 0) is 0 Å². The number of nitrogens with two attached hydrogens (primary N) is 1.